The minimum absolute atomic E-state index is 0.0462. The molecule has 13 nitrogen and oxygen atoms in total. The van der Waals surface area contributed by atoms with Gasteiger partial charge in [-0.3, -0.25) is 4.79 Å². The average Bonchev–Trinajstić information content (AvgIpc) is 1.54. The van der Waals surface area contributed by atoms with Crippen LogP contribution in [0.4, 0.5) is 0 Å². The fourth-order valence-electron chi connectivity index (χ4n) is 10.8. The molecule has 0 aliphatic carbocycles. The fourth-order valence-corrected chi connectivity index (χ4v) is 18.1. The molecule has 0 bridgehead atoms. The quantitative estimate of drug-likeness (QED) is 0.108. The molecule has 6 aromatic heterocycles. The van der Waals surface area contributed by atoms with Crippen molar-refractivity contribution in [1.29, 1.82) is 0 Å². The molecule has 2 N–H and O–H groups in total. The van der Waals surface area contributed by atoms with Crippen LogP contribution in [-0.2, 0) is 9.47 Å². The average molecular weight is 1420 g/mol. The highest BCUT2D eigenvalue weighted by atomic mass is 35.5. The molecule has 0 spiro atoms. The van der Waals surface area contributed by atoms with Gasteiger partial charge in [-0.15, -0.1) is 0 Å². The number of hydrogen-bond donors (Lipinski definition) is 2. The van der Waals surface area contributed by atoms with Crippen LogP contribution in [0.3, 0.4) is 0 Å². The highest BCUT2D eigenvalue weighted by Crippen LogP contribution is 2.60. The van der Waals surface area contributed by atoms with Crippen LogP contribution in [0, 0.1) is 9.28 Å². The summed E-state index contributed by atoms with van der Waals surface area (Å²) in [6, 6.07) is 61.7. The Kier molecular flexibility index (Phi) is 18.6. The second-order valence-electron chi connectivity index (χ2n) is 21.8. The molecule has 462 valence electrons. The lowest BCUT2D eigenvalue weighted by Crippen LogP contribution is -1.88. The van der Waals surface area contributed by atoms with Crippen molar-refractivity contribution in [1.82, 2.24) is 49.8 Å². The Morgan fingerprint density at radius 3 is 0.819 bits per heavy atom. The molecule has 23 heteroatoms. The predicted molar refractivity (Wildman–Crippen MR) is 400 cm³/mol. The number of aromatic nitrogens is 10. The van der Waals surface area contributed by atoms with Crippen molar-refractivity contribution < 1.29 is 9.47 Å². The van der Waals surface area contributed by atoms with E-state index in [1.54, 1.807) is 47.0 Å². The van der Waals surface area contributed by atoms with Gasteiger partial charge in [-0.05, 0) is 140 Å². The Hall–Kier alpha value is -7.61. The molecular formula is C71H48Cl2N10O3S8. The molecule has 2 saturated heterocycles. The normalized spacial score (nSPS) is 14.0. The van der Waals surface area contributed by atoms with Crippen molar-refractivity contribution >= 4 is 236 Å². The molecule has 0 saturated carbocycles. The minimum Gasteiger partial charge on any atom is -0.381 e. The number of ether oxygens (including phenoxy) is 2. The van der Waals surface area contributed by atoms with E-state index in [9.17, 15) is 4.79 Å². The van der Waals surface area contributed by atoms with Crippen LogP contribution < -0.4 is 4.06 Å². The third-order valence-corrected chi connectivity index (χ3v) is 23.9. The maximum atomic E-state index is 11.4. The summed E-state index contributed by atoms with van der Waals surface area (Å²) in [5.74, 6) is 0. The summed E-state index contributed by atoms with van der Waals surface area (Å²) < 4.78 is 13.5. The number of H-pyrrole nitrogens is 2. The second kappa shape index (κ2) is 28.0. The predicted octanol–water partition coefficient (Wildman–Crippen LogP) is 21.3. The largest absolute Gasteiger partial charge is 0.381 e. The van der Waals surface area contributed by atoms with Gasteiger partial charge in [0.1, 0.15) is 29.4 Å². The molecule has 10 heterocycles. The number of benzene rings is 10. The van der Waals surface area contributed by atoms with Gasteiger partial charge >= 0.3 is 0 Å². The molecule has 0 unspecified atom stereocenters. The number of nitrogens with one attached hydrogen (secondary N) is 2. The zero-order valence-electron chi connectivity index (χ0n) is 49.3. The summed E-state index contributed by atoms with van der Waals surface area (Å²) in [7, 11) is 0. The smallest absolute Gasteiger partial charge is 0.291 e. The molecular weight excluding hydrogens is 1370 g/mol. The van der Waals surface area contributed by atoms with Crippen LogP contribution in [0.2, 0.25) is 10.3 Å². The SMILES string of the molecule is C1CCOC1.C1CCOC1.Clc1nc2cc3ccccc3cc2nc1Cl.O=c1sc2nc3cc4ccccc4cc3nc2s1.S=c1[nH]c2cc3ccccc3cc2[nH]c1=S.c1ccc2cc3nc4c(nc3cc2c1)SC(=C1Sc2nc3cc5ccccc5cc3nc2S1)S4. The summed E-state index contributed by atoms with van der Waals surface area (Å²) >= 11 is 31.0. The number of rotatable bonds is 0. The molecule has 4 aliphatic rings. The molecule has 2 fully saturated rings. The summed E-state index contributed by atoms with van der Waals surface area (Å²) in [6.45, 7) is 4.00. The van der Waals surface area contributed by atoms with Crippen LogP contribution in [0.25, 0.3) is 119 Å². The van der Waals surface area contributed by atoms with Crippen LogP contribution in [0.5, 0.6) is 0 Å². The first-order valence-corrected chi connectivity index (χ1v) is 36.3. The number of thioether (sulfide) groups is 4. The van der Waals surface area contributed by atoms with Gasteiger partial charge < -0.3 is 19.4 Å². The Balaban J connectivity index is 0.000000104. The lowest BCUT2D eigenvalue weighted by Gasteiger charge is -2.02. The summed E-state index contributed by atoms with van der Waals surface area (Å²) in [5, 5.41) is 16.0. The molecule has 16 aromatic rings. The van der Waals surface area contributed by atoms with E-state index in [-0.39, 0.29) is 14.4 Å². The third-order valence-electron chi connectivity index (χ3n) is 15.4. The Bertz CT molecular complexity index is 5390. The summed E-state index contributed by atoms with van der Waals surface area (Å²) in [5.41, 5.74) is 8.92. The summed E-state index contributed by atoms with van der Waals surface area (Å²) in [4.78, 5) is 56.3. The van der Waals surface area contributed by atoms with Crippen molar-refractivity contribution in [3.63, 3.8) is 0 Å². The van der Waals surface area contributed by atoms with Crippen molar-refractivity contribution in [2.24, 2.45) is 0 Å². The van der Waals surface area contributed by atoms with Gasteiger partial charge in [-0.2, -0.15) is 0 Å². The van der Waals surface area contributed by atoms with E-state index in [0.717, 1.165) is 156 Å². The van der Waals surface area contributed by atoms with Gasteiger partial charge in [-0.1, -0.05) is 239 Å². The first kappa shape index (κ1) is 62.5. The number of aromatic amines is 2. The van der Waals surface area contributed by atoms with E-state index < -0.39 is 0 Å². The van der Waals surface area contributed by atoms with Crippen LogP contribution in [0.1, 0.15) is 25.7 Å². The Labute approximate surface area is 581 Å². The minimum atomic E-state index is 0.0462. The fraction of sp³-hybridized carbons (Fsp3) is 0.113. The number of hydrogen-bond acceptors (Lipinski definition) is 19. The zero-order valence-corrected chi connectivity index (χ0v) is 57.3. The van der Waals surface area contributed by atoms with Crippen LogP contribution in [-0.4, -0.2) is 76.3 Å². The molecule has 0 atom stereocenters. The van der Waals surface area contributed by atoms with Gasteiger partial charge in [0.05, 0.1) is 63.6 Å². The van der Waals surface area contributed by atoms with Gasteiger partial charge in [0.2, 0.25) is 0 Å². The van der Waals surface area contributed by atoms with E-state index in [1.807, 2.05) is 72.8 Å². The van der Waals surface area contributed by atoms with Crippen LogP contribution in [0.15, 0.2) is 215 Å². The van der Waals surface area contributed by atoms with Gasteiger partial charge in [0.25, 0.3) is 4.06 Å². The highest BCUT2D eigenvalue weighted by Gasteiger charge is 2.31. The second-order valence-corrected chi connectivity index (χ2v) is 30.0. The molecule has 94 heavy (non-hydrogen) atoms. The standard InChI is InChI=1S/C26H12N4S4.C13H6N2OS2.C12H6Cl2N2.C12H8N2S2.2C4H8O/c1-2-6-14-10-18-17(9-13(14)5-1)27-21-22(28-18)32-25(31-21)26-33-23-24(34-26)30-20-12-16-8-4-3-7-15(16)11-19(20)29-23;16-13-17-11-12(18-13)15-10-6-8-4-2-1-3-7(8)5-9(10)14-11;13-11-12(14)16-10-6-8-4-2-1-3-7(8)5-9(10)15-11;15-11-12(16)14-10-6-8-4-2-1-3-7(8)5-9(10)13-11;2*1-2-4-5-3-1/h1-12H;1-6H;1-6H;1-6H,(H,13,15)(H,14,16);2*1-4H2. The molecule has 0 radical (unpaired) electrons. The first-order valence-electron chi connectivity index (χ1n) is 29.8. The van der Waals surface area contributed by atoms with Crippen molar-refractivity contribution in [3.8, 4) is 0 Å². The molecule has 20 rings (SSSR count). The topological polar surface area (TPSA) is 170 Å². The van der Waals surface area contributed by atoms with E-state index in [0.29, 0.717) is 9.28 Å². The third kappa shape index (κ3) is 13.9. The maximum Gasteiger partial charge on any atom is 0.291 e. The van der Waals surface area contributed by atoms with E-state index in [2.05, 4.69) is 139 Å². The van der Waals surface area contributed by atoms with Crippen molar-refractivity contribution in [2.75, 3.05) is 26.4 Å². The molecule has 0 amide bonds. The van der Waals surface area contributed by atoms with Gasteiger partial charge in [-0.25, -0.2) is 39.9 Å². The lowest BCUT2D eigenvalue weighted by atomic mass is 10.1. The lowest BCUT2D eigenvalue weighted by molar-refractivity contribution is 0.198. The van der Waals surface area contributed by atoms with Gasteiger partial charge in [0, 0.05) is 26.4 Å². The number of nitrogens with zero attached hydrogens (tertiary/aromatic N) is 8. The zero-order chi connectivity index (χ0) is 63.7. The Morgan fingerprint density at radius 2 is 0.574 bits per heavy atom. The molecule has 10 aromatic carbocycles. The Morgan fingerprint density at radius 1 is 0.340 bits per heavy atom. The highest BCUT2D eigenvalue weighted by molar-refractivity contribution is 8.30. The molecule has 4 aliphatic heterocycles. The van der Waals surface area contributed by atoms with Gasteiger partial charge in [0.15, 0.2) is 20.0 Å². The number of halogens is 2. The maximum absolute atomic E-state index is 11.4. The summed E-state index contributed by atoms with van der Waals surface area (Å²) in [6.07, 6.45) is 5.11. The first-order chi connectivity index (χ1) is 46.0. The van der Waals surface area contributed by atoms with E-state index >= 15 is 0 Å². The van der Waals surface area contributed by atoms with E-state index in [4.69, 9.17) is 77.0 Å². The number of fused-ring (bicyclic) bond motifs is 13. The van der Waals surface area contributed by atoms with Crippen molar-refractivity contribution in [2.45, 2.75) is 45.8 Å². The van der Waals surface area contributed by atoms with E-state index in [1.165, 1.54) is 66.5 Å². The monoisotopic (exact) mass is 1410 g/mol. The van der Waals surface area contributed by atoms with Crippen LogP contribution >= 0.6 is 117 Å². The van der Waals surface area contributed by atoms with Crippen molar-refractivity contribution in [3.05, 3.63) is 219 Å².